The second kappa shape index (κ2) is 5.09. The number of H-pyrrole nitrogens is 1. The number of halogens is 1. The fourth-order valence-corrected chi connectivity index (χ4v) is 3.49. The molecule has 2 aromatic carbocycles. The number of carbonyl (C=O) groups is 1. The zero-order chi connectivity index (χ0) is 15.1. The number of aromatic nitrogens is 1. The molecule has 1 aliphatic carbocycles. The smallest absolute Gasteiger partial charge is 0.165 e. The van der Waals surface area contributed by atoms with Gasteiger partial charge in [-0.25, -0.2) is 4.39 Å². The predicted octanol–water partition coefficient (Wildman–Crippen LogP) is 4.61. The predicted molar refractivity (Wildman–Crippen MR) is 84.7 cm³/mol. The lowest BCUT2D eigenvalue weighted by atomic mass is 9.82. The van der Waals surface area contributed by atoms with Crippen molar-refractivity contribution in [3.63, 3.8) is 0 Å². The van der Waals surface area contributed by atoms with Gasteiger partial charge < -0.3 is 4.98 Å². The molecule has 1 unspecified atom stereocenters. The van der Waals surface area contributed by atoms with E-state index in [0.717, 1.165) is 23.9 Å². The van der Waals surface area contributed by atoms with Crippen LogP contribution in [0.5, 0.6) is 0 Å². The number of ketones is 1. The van der Waals surface area contributed by atoms with Crippen LogP contribution in [0.15, 0.2) is 48.5 Å². The number of rotatable bonds is 2. The van der Waals surface area contributed by atoms with Gasteiger partial charge in [0.25, 0.3) is 0 Å². The number of hydrogen-bond donors (Lipinski definition) is 1. The Labute approximate surface area is 128 Å². The van der Waals surface area contributed by atoms with Gasteiger partial charge in [-0.3, -0.25) is 4.79 Å². The Bertz CT molecular complexity index is 851. The number of benzene rings is 2. The van der Waals surface area contributed by atoms with E-state index in [0.29, 0.717) is 17.5 Å². The summed E-state index contributed by atoms with van der Waals surface area (Å²) in [5.41, 5.74) is 3.30. The summed E-state index contributed by atoms with van der Waals surface area (Å²) in [6.07, 6.45) is 2.22. The second-order valence-electron chi connectivity index (χ2n) is 5.92. The van der Waals surface area contributed by atoms with Crippen molar-refractivity contribution in [2.24, 2.45) is 0 Å². The van der Waals surface area contributed by atoms with Crippen molar-refractivity contribution < 1.29 is 9.18 Å². The summed E-state index contributed by atoms with van der Waals surface area (Å²) in [6.45, 7) is 0. The Morgan fingerprint density at radius 3 is 2.73 bits per heavy atom. The minimum Gasteiger partial charge on any atom is -0.355 e. The molecule has 0 radical (unpaired) electrons. The van der Waals surface area contributed by atoms with Gasteiger partial charge in [-0.1, -0.05) is 42.5 Å². The van der Waals surface area contributed by atoms with E-state index in [-0.39, 0.29) is 17.5 Å². The van der Waals surface area contributed by atoms with Gasteiger partial charge in [-0.2, -0.15) is 0 Å². The molecule has 110 valence electrons. The molecule has 1 aromatic heterocycles. The molecule has 3 aromatic rings. The highest BCUT2D eigenvalue weighted by Gasteiger charge is 2.30. The van der Waals surface area contributed by atoms with Gasteiger partial charge in [-0.05, 0) is 24.5 Å². The van der Waals surface area contributed by atoms with E-state index in [4.69, 9.17) is 0 Å². The zero-order valence-corrected chi connectivity index (χ0v) is 12.1. The van der Waals surface area contributed by atoms with Gasteiger partial charge in [0.2, 0.25) is 0 Å². The molecule has 0 aliphatic heterocycles. The molecule has 1 N–H and O–H groups in total. The van der Waals surface area contributed by atoms with Gasteiger partial charge >= 0.3 is 0 Å². The lowest BCUT2D eigenvalue weighted by Gasteiger charge is -2.22. The molecule has 1 aliphatic rings. The number of fused-ring (bicyclic) bond motifs is 3. The van der Waals surface area contributed by atoms with Crippen molar-refractivity contribution >= 4 is 16.7 Å². The summed E-state index contributed by atoms with van der Waals surface area (Å²) in [6, 6.07) is 15.2. The van der Waals surface area contributed by atoms with Crippen molar-refractivity contribution in [1.29, 1.82) is 0 Å². The molecule has 4 rings (SSSR count). The Morgan fingerprint density at radius 1 is 1.09 bits per heavy atom. The molecule has 22 heavy (non-hydrogen) atoms. The highest BCUT2D eigenvalue weighted by Crippen LogP contribution is 2.38. The average molecular weight is 293 g/mol. The number of Topliss-reactive ketones (excluding diaryl/α,β-unsaturated/α-hetero) is 1. The van der Waals surface area contributed by atoms with E-state index in [1.54, 1.807) is 6.07 Å². The van der Waals surface area contributed by atoms with E-state index in [2.05, 4.69) is 17.1 Å². The first-order valence-electron chi connectivity index (χ1n) is 7.61. The van der Waals surface area contributed by atoms with Crippen molar-refractivity contribution in [3.05, 3.63) is 71.2 Å². The molecule has 0 fully saturated rings. The Balaban J connectivity index is 1.83. The summed E-state index contributed by atoms with van der Waals surface area (Å²) >= 11 is 0. The summed E-state index contributed by atoms with van der Waals surface area (Å²) in [5, 5.41) is 0.720. The van der Waals surface area contributed by atoms with Gasteiger partial charge in [0, 0.05) is 29.0 Å². The van der Waals surface area contributed by atoms with E-state index in [1.165, 1.54) is 11.6 Å². The summed E-state index contributed by atoms with van der Waals surface area (Å²) in [7, 11) is 0. The lowest BCUT2D eigenvalue weighted by molar-refractivity contribution is 0.0968. The summed E-state index contributed by atoms with van der Waals surface area (Å²) in [4.78, 5) is 15.5. The lowest BCUT2D eigenvalue weighted by Crippen LogP contribution is -2.16. The van der Waals surface area contributed by atoms with Gasteiger partial charge in [0.05, 0.1) is 5.52 Å². The minimum absolute atomic E-state index is 0.121. The van der Waals surface area contributed by atoms with Gasteiger partial charge in [0.1, 0.15) is 5.82 Å². The van der Waals surface area contributed by atoms with Crippen molar-refractivity contribution in [1.82, 2.24) is 4.98 Å². The van der Waals surface area contributed by atoms with Crippen LogP contribution in [0, 0.1) is 5.82 Å². The quantitative estimate of drug-likeness (QED) is 0.735. The second-order valence-corrected chi connectivity index (χ2v) is 5.92. The minimum atomic E-state index is -0.293. The third-order valence-corrected chi connectivity index (χ3v) is 4.54. The molecule has 0 spiro atoms. The van der Waals surface area contributed by atoms with Crippen molar-refractivity contribution in [2.75, 3.05) is 0 Å². The van der Waals surface area contributed by atoms with Crippen LogP contribution in [-0.4, -0.2) is 10.8 Å². The van der Waals surface area contributed by atoms with Gasteiger partial charge in [-0.15, -0.1) is 0 Å². The number of nitrogens with one attached hydrogen (secondary N) is 1. The van der Waals surface area contributed by atoms with Crippen LogP contribution in [0.3, 0.4) is 0 Å². The Kier molecular flexibility index (Phi) is 3.07. The summed E-state index contributed by atoms with van der Waals surface area (Å²) < 4.78 is 14.0. The molecular formula is C19H16FNO. The van der Waals surface area contributed by atoms with Crippen molar-refractivity contribution in [3.8, 4) is 0 Å². The molecule has 0 amide bonds. The van der Waals surface area contributed by atoms with Crippen LogP contribution in [0.4, 0.5) is 4.39 Å². The number of carbonyl (C=O) groups excluding carboxylic acids is 1. The van der Waals surface area contributed by atoms with E-state index < -0.39 is 0 Å². The highest BCUT2D eigenvalue weighted by atomic mass is 19.1. The molecule has 2 nitrogen and oxygen atoms in total. The SMILES string of the molecule is O=C1CCC(Cc2ccccc2)c2[nH]c3c(F)cccc3c21. The standard InChI is InChI=1S/C19H16FNO/c20-15-8-4-7-14-17-16(22)10-9-13(18(17)21-19(14)15)11-12-5-2-1-3-6-12/h1-8,13,21H,9-11H2. The number of aromatic amines is 1. The average Bonchev–Trinajstić information content (AvgIpc) is 2.93. The van der Waals surface area contributed by atoms with E-state index in [9.17, 15) is 9.18 Å². The molecule has 1 heterocycles. The fourth-order valence-electron chi connectivity index (χ4n) is 3.49. The first kappa shape index (κ1) is 13.3. The van der Waals surface area contributed by atoms with Crippen LogP contribution in [0.25, 0.3) is 10.9 Å². The third-order valence-electron chi connectivity index (χ3n) is 4.54. The molecule has 1 atom stereocenters. The maximum atomic E-state index is 14.0. The van der Waals surface area contributed by atoms with E-state index in [1.807, 2.05) is 24.3 Å². The normalized spacial score (nSPS) is 17.7. The number of hydrogen-bond acceptors (Lipinski definition) is 1. The summed E-state index contributed by atoms with van der Waals surface area (Å²) in [5.74, 6) is 0.0659. The van der Waals surface area contributed by atoms with Crippen LogP contribution < -0.4 is 0 Å². The topological polar surface area (TPSA) is 32.9 Å². The van der Waals surface area contributed by atoms with Gasteiger partial charge in [0.15, 0.2) is 5.78 Å². The fraction of sp³-hybridized carbons (Fsp3) is 0.211. The molecule has 0 saturated carbocycles. The highest BCUT2D eigenvalue weighted by molar-refractivity contribution is 6.10. The Hall–Kier alpha value is -2.42. The zero-order valence-electron chi connectivity index (χ0n) is 12.1. The molecular weight excluding hydrogens is 277 g/mol. The van der Waals surface area contributed by atoms with Crippen LogP contribution in [0.1, 0.15) is 40.4 Å². The molecule has 3 heteroatoms. The largest absolute Gasteiger partial charge is 0.355 e. The van der Waals surface area contributed by atoms with Crippen molar-refractivity contribution in [2.45, 2.75) is 25.2 Å². The number of para-hydroxylation sites is 1. The maximum Gasteiger partial charge on any atom is 0.165 e. The monoisotopic (exact) mass is 293 g/mol. The molecule has 0 saturated heterocycles. The maximum absolute atomic E-state index is 14.0. The van der Waals surface area contributed by atoms with E-state index >= 15 is 0 Å². The van der Waals surface area contributed by atoms with Crippen LogP contribution in [-0.2, 0) is 6.42 Å². The Morgan fingerprint density at radius 2 is 1.91 bits per heavy atom. The third kappa shape index (κ3) is 2.05. The van der Waals surface area contributed by atoms with Crippen LogP contribution in [0.2, 0.25) is 0 Å². The first-order chi connectivity index (χ1) is 10.7. The first-order valence-corrected chi connectivity index (χ1v) is 7.61. The van der Waals surface area contributed by atoms with Crippen LogP contribution >= 0.6 is 0 Å². The molecule has 0 bridgehead atoms.